The van der Waals surface area contributed by atoms with Crippen LogP contribution in [0.25, 0.3) is 0 Å². The van der Waals surface area contributed by atoms with Crippen molar-refractivity contribution in [3.05, 3.63) is 0 Å². The summed E-state index contributed by atoms with van der Waals surface area (Å²) in [6, 6.07) is -0.759. The van der Waals surface area contributed by atoms with Crippen LogP contribution in [0.2, 0.25) is 0 Å². The van der Waals surface area contributed by atoms with Gasteiger partial charge in [0.05, 0.1) is 6.67 Å². The Morgan fingerprint density at radius 3 is 1.96 bits per heavy atom. The predicted molar refractivity (Wildman–Crippen MR) is 92.3 cm³/mol. The Balaban J connectivity index is 1.43. The number of hydrogen-bond donors (Lipinski definition) is 0. The summed E-state index contributed by atoms with van der Waals surface area (Å²) >= 11 is 0. The summed E-state index contributed by atoms with van der Waals surface area (Å²) in [5.74, 6) is 1.27. The summed E-state index contributed by atoms with van der Waals surface area (Å²) in [7, 11) is 1.97. The van der Waals surface area contributed by atoms with Crippen molar-refractivity contribution in [3.63, 3.8) is 0 Å². The molecule has 5 fully saturated rings. The molecule has 1 aliphatic heterocycles. The zero-order valence-electron chi connectivity index (χ0n) is 15.5. The Morgan fingerprint density at radius 2 is 1.52 bits per heavy atom. The summed E-state index contributed by atoms with van der Waals surface area (Å²) in [6.07, 6.45) is 8.10. The van der Waals surface area contributed by atoms with Crippen LogP contribution in [0.15, 0.2) is 0 Å². The van der Waals surface area contributed by atoms with Gasteiger partial charge in [-0.2, -0.15) is 0 Å². The molecule has 4 aliphatic carbocycles. The van der Waals surface area contributed by atoms with Crippen LogP contribution < -0.4 is 0 Å². The number of imide groups is 2. The number of carbonyl (C=O) groups excluding carboxylic acids is 3. The predicted octanol–water partition coefficient (Wildman–Crippen LogP) is 2.29. The Hall–Kier alpha value is -1.43. The van der Waals surface area contributed by atoms with Crippen molar-refractivity contribution < 1.29 is 14.4 Å². The first-order valence-corrected chi connectivity index (χ1v) is 9.65. The molecule has 4 amide bonds. The lowest BCUT2D eigenvalue weighted by Crippen LogP contribution is -2.52. The molecule has 0 aromatic carbocycles. The third kappa shape index (κ3) is 2.78. The van der Waals surface area contributed by atoms with E-state index in [0.29, 0.717) is 5.41 Å². The Morgan fingerprint density at radius 1 is 1.00 bits per heavy atom. The minimum absolute atomic E-state index is 0.217. The number of amides is 4. The van der Waals surface area contributed by atoms with Crippen LogP contribution >= 0.6 is 0 Å². The van der Waals surface area contributed by atoms with Crippen molar-refractivity contribution in [1.82, 2.24) is 14.7 Å². The molecule has 0 spiro atoms. The Kier molecular flexibility index (Phi) is 3.94. The highest BCUT2D eigenvalue weighted by molar-refractivity contribution is 6.44. The Labute approximate surface area is 149 Å². The van der Waals surface area contributed by atoms with E-state index in [9.17, 15) is 14.4 Å². The highest BCUT2D eigenvalue weighted by Crippen LogP contribution is 2.60. The van der Waals surface area contributed by atoms with Gasteiger partial charge in [-0.05, 0) is 82.6 Å². The maximum Gasteiger partial charge on any atom is 0.335 e. The summed E-state index contributed by atoms with van der Waals surface area (Å²) < 4.78 is 0. The van der Waals surface area contributed by atoms with Gasteiger partial charge in [-0.1, -0.05) is 0 Å². The fraction of sp³-hybridized carbons (Fsp3) is 0.842. The average Bonchev–Trinajstić information content (AvgIpc) is 2.69. The summed E-state index contributed by atoms with van der Waals surface area (Å²) in [5.41, 5.74) is 0.358. The van der Waals surface area contributed by atoms with Crippen molar-refractivity contribution in [3.8, 4) is 0 Å². The lowest BCUT2D eigenvalue weighted by Gasteiger charge is -2.57. The molecule has 0 atom stereocenters. The quantitative estimate of drug-likeness (QED) is 0.565. The first-order valence-electron chi connectivity index (χ1n) is 9.65. The van der Waals surface area contributed by atoms with E-state index in [2.05, 4.69) is 4.90 Å². The largest absolute Gasteiger partial charge is 0.335 e. The zero-order valence-corrected chi connectivity index (χ0v) is 15.5. The average molecular weight is 347 g/mol. The Bertz CT molecular complexity index is 580. The lowest BCUT2D eigenvalue weighted by molar-refractivity contribution is -0.144. The summed E-state index contributed by atoms with van der Waals surface area (Å²) in [4.78, 5) is 41.0. The van der Waals surface area contributed by atoms with E-state index in [1.165, 1.54) is 38.5 Å². The number of hydrogen-bond acceptors (Lipinski definition) is 4. The molecule has 6 nitrogen and oxygen atoms in total. The molecule has 1 heterocycles. The smallest absolute Gasteiger partial charge is 0.288 e. The van der Waals surface area contributed by atoms with Crippen molar-refractivity contribution in [2.75, 3.05) is 20.3 Å². The van der Waals surface area contributed by atoms with Crippen LogP contribution in [0.4, 0.5) is 4.79 Å². The molecule has 1 saturated heterocycles. The number of rotatable bonds is 5. The number of carbonyl (C=O) groups is 3. The molecule has 25 heavy (non-hydrogen) atoms. The van der Waals surface area contributed by atoms with E-state index in [1.54, 1.807) is 13.8 Å². The monoisotopic (exact) mass is 347 g/mol. The van der Waals surface area contributed by atoms with E-state index in [4.69, 9.17) is 0 Å². The maximum atomic E-state index is 12.5. The fourth-order valence-corrected chi connectivity index (χ4v) is 6.45. The van der Waals surface area contributed by atoms with Crippen molar-refractivity contribution >= 4 is 17.8 Å². The summed E-state index contributed by atoms with van der Waals surface area (Å²) in [6.45, 7) is 4.65. The lowest BCUT2D eigenvalue weighted by atomic mass is 9.49. The van der Waals surface area contributed by atoms with Crippen LogP contribution in [0.5, 0.6) is 0 Å². The van der Waals surface area contributed by atoms with Gasteiger partial charge in [0.2, 0.25) is 0 Å². The molecule has 0 aromatic heterocycles. The molecule has 0 radical (unpaired) electrons. The number of urea groups is 1. The van der Waals surface area contributed by atoms with Gasteiger partial charge >= 0.3 is 17.8 Å². The molecule has 138 valence electrons. The maximum absolute atomic E-state index is 12.5. The van der Waals surface area contributed by atoms with E-state index in [1.807, 2.05) is 7.05 Å². The summed E-state index contributed by atoms with van der Waals surface area (Å²) in [5, 5.41) is 0. The van der Waals surface area contributed by atoms with Crippen molar-refractivity contribution in [2.24, 2.45) is 23.2 Å². The van der Waals surface area contributed by atoms with Crippen LogP contribution in [0, 0.1) is 23.2 Å². The fourth-order valence-electron chi connectivity index (χ4n) is 6.45. The second-order valence-corrected chi connectivity index (χ2v) is 9.36. The standard InChI is InChI=1S/C19H29N3O3/c1-12(2)22-17(24)16(23)21(18(22)25)11-20(3)10-19-7-13-4-14(8-19)6-15(5-13)9-19/h12-15H,4-11H2,1-3H3. The zero-order chi connectivity index (χ0) is 17.9. The van der Waals surface area contributed by atoms with E-state index in [0.717, 1.165) is 34.1 Å². The first kappa shape index (κ1) is 17.0. The normalized spacial score (nSPS) is 37.3. The molecule has 0 aromatic rings. The minimum Gasteiger partial charge on any atom is -0.288 e. The molecule has 0 N–H and O–H groups in total. The van der Waals surface area contributed by atoms with Gasteiger partial charge in [0.25, 0.3) is 0 Å². The molecule has 5 aliphatic rings. The van der Waals surface area contributed by atoms with Crippen LogP contribution in [-0.2, 0) is 9.59 Å². The van der Waals surface area contributed by atoms with Gasteiger partial charge in [0.15, 0.2) is 0 Å². The van der Waals surface area contributed by atoms with Crippen LogP contribution in [0.1, 0.15) is 52.4 Å². The third-order valence-corrected chi connectivity index (χ3v) is 6.75. The van der Waals surface area contributed by atoms with Gasteiger partial charge < -0.3 is 0 Å². The van der Waals surface area contributed by atoms with Crippen molar-refractivity contribution in [1.29, 1.82) is 0 Å². The van der Waals surface area contributed by atoms with Gasteiger partial charge in [-0.3, -0.25) is 19.4 Å². The van der Waals surface area contributed by atoms with Gasteiger partial charge in [-0.25, -0.2) is 9.69 Å². The van der Waals surface area contributed by atoms with Gasteiger partial charge in [0, 0.05) is 12.6 Å². The molecule has 5 rings (SSSR count). The first-order chi connectivity index (χ1) is 11.8. The molecule has 0 unspecified atom stereocenters. The highest BCUT2D eigenvalue weighted by atomic mass is 16.2. The van der Waals surface area contributed by atoms with E-state index < -0.39 is 17.8 Å². The molecular formula is C19H29N3O3. The van der Waals surface area contributed by atoms with Crippen molar-refractivity contribution in [2.45, 2.75) is 58.4 Å². The molecule has 4 bridgehead atoms. The minimum atomic E-state index is -0.691. The van der Waals surface area contributed by atoms with Crippen LogP contribution in [0.3, 0.4) is 0 Å². The van der Waals surface area contributed by atoms with Gasteiger partial charge in [-0.15, -0.1) is 0 Å². The highest BCUT2D eigenvalue weighted by Gasteiger charge is 2.52. The molecular weight excluding hydrogens is 318 g/mol. The number of nitrogens with zero attached hydrogens (tertiary/aromatic N) is 3. The van der Waals surface area contributed by atoms with E-state index in [-0.39, 0.29) is 12.7 Å². The molecule has 4 saturated carbocycles. The SMILES string of the molecule is CC(C)N1C(=O)C(=O)N(CN(C)CC23CC4CC(CC(C4)C2)C3)C1=O. The van der Waals surface area contributed by atoms with Gasteiger partial charge in [0.1, 0.15) is 0 Å². The molecule has 6 heteroatoms. The topological polar surface area (TPSA) is 60.9 Å². The second-order valence-electron chi connectivity index (χ2n) is 9.36. The second kappa shape index (κ2) is 5.79. The third-order valence-electron chi connectivity index (χ3n) is 6.75. The van der Waals surface area contributed by atoms with E-state index >= 15 is 0 Å². The van der Waals surface area contributed by atoms with Crippen LogP contribution in [-0.4, -0.2) is 58.8 Å².